The molecule has 1 atom stereocenters. The van der Waals surface area contributed by atoms with Gasteiger partial charge in [0, 0.05) is 18.1 Å². The molecule has 33 heavy (non-hydrogen) atoms. The Kier molecular flexibility index (Phi) is 5.88. The quantitative estimate of drug-likeness (QED) is 0.421. The SMILES string of the molecule is CCS(=O)c1nn2c(C(=O)NOC(C)C)ccnc2c1-c1nc2cc(C(F)(F)F)ccn2n1. The molecule has 1 N–H and O–H groups in total. The molecule has 0 fully saturated rings. The predicted molar refractivity (Wildman–Crippen MR) is 111 cm³/mol. The summed E-state index contributed by atoms with van der Waals surface area (Å²) in [6.45, 7) is 5.14. The number of alkyl halides is 3. The molecule has 0 saturated heterocycles. The Labute approximate surface area is 187 Å². The van der Waals surface area contributed by atoms with Crippen LogP contribution < -0.4 is 5.48 Å². The molecule has 4 rings (SSSR count). The van der Waals surface area contributed by atoms with Crippen molar-refractivity contribution in [3.63, 3.8) is 0 Å². The summed E-state index contributed by atoms with van der Waals surface area (Å²) in [5.74, 6) is -0.443. The van der Waals surface area contributed by atoms with Crippen LogP contribution in [0.3, 0.4) is 0 Å². The predicted octanol–water partition coefficient (Wildman–Crippen LogP) is 2.66. The molecule has 4 heterocycles. The van der Waals surface area contributed by atoms with Gasteiger partial charge in [-0.15, -0.1) is 5.10 Å². The van der Waals surface area contributed by atoms with Crippen molar-refractivity contribution in [3.8, 4) is 11.4 Å². The van der Waals surface area contributed by atoms with Crippen LogP contribution >= 0.6 is 0 Å². The van der Waals surface area contributed by atoms with Gasteiger partial charge >= 0.3 is 6.18 Å². The van der Waals surface area contributed by atoms with Crippen LogP contribution in [0.15, 0.2) is 35.6 Å². The van der Waals surface area contributed by atoms with Gasteiger partial charge in [-0.25, -0.2) is 24.5 Å². The molecule has 0 saturated carbocycles. The number of fused-ring (bicyclic) bond motifs is 2. The number of hydrogen-bond donors (Lipinski definition) is 1. The summed E-state index contributed by atoms with van der Waals surface area (Å²) in [5.41, 5.74) is 1.68. The second-order valence-electron chi connectivity index (χ2n) is 7.13. The molecule has 0 aliphatic heterocycles. The maximum atomic E-state index is 13.1. The van der Waals surface area contributed by atoms with Crippen LogP contribution in [-0.4, -0.2) is 51.2 Å². The largest absolute Gasteiger partial charge is 0.416 e. The van der Waals surface area contributed by atoms with Crippen LogP contribution in [0.25, 0.3) is 22.7 Å². The molecule has 14 heteroatoms. The molecule has 0 radical (unpaired) electrons. The fourth-order valence-corrected chi connectivity index (χ4v) is 3.83. The standard InChI is InChI=1S/C19H18F3N7O3S/c1-4-33(31)18-14(15-24-13-9-11(19(20,21)22)6-8-28(13)25-15)16-23-7-5-12(29(16)26-18)17(30)27-32-10(2)3/h5-10H,4H2,1-3H3,(H,27,30). The summed E-state index contributed by atoms with van der Waals surface area (Å²) >= 11 is 0. The first-order chi connectivity index (χ1) is 15.6. The van der Waals surface area contributed by atoms with Gasteiger partial charge in [0.25, 0.3) is 5.91 Å². The van der Waals surface area contributed by atoms with Crippen LogP contribution in [0.5, 0.6) is 0 Å². The van der Waals surface area contributed by atoms with E-state index in [0.29, 0.717) is 0 Å². The van der Waals surface area contributed by atoms with Crippen LogP contribution in [-0.2, 0) is 21.8 Å². The Morgan fingerprint density at radius 1 is 1.27 bits per heavy atom. The highest BCUT2D eigenvalue weighted by Crippen LogP contribution is 2.31. The number of nitrogens with zero attached hydrogens (tertiary/aromatic N) is 6. The third-order valence-corrected chi connectivity index (χ3v) is 5.71. The zero-order chi connectivity index (χ0) is 23.9. The van der Waals surface area contributed by atoms with E-state index < -0.39 is 28.4 Å². The van der Waals surface area contributed by atoms with Gasteiger partial charge in [-0.2, -0.15) is 18.3 Å². The summed E-state index contributed by atoms with van der Waals surface area (Å²) in [5, 5.41) is 8.59. The number of aromatic nitrogens is 6. The smallest absolute Gasteiger partial charge is 0.271 e. The lowest BCUT2D eigenvalue weighted by Crippen LogP contribution is -2.28. The minimum absolute atomic E-state index is 0.0235. The number of rotatable bonds is 6. The topological polar surface area (TPSA) is 116 Å². The highest BCUT2D eigenvalue weighted by Gasteiger charge is 2.31. The Morgan fingerprint density at radius 2 is 2.03 bits per heavy atom. The van der Waals surface area contributed by atoms with Crippen LogP contribution in [0.1, 0.15) is 36.8 Å². The summed E-state index contributed by atoms with van der Waals surface area (Å²) in [6.07, 6.45) is -2.34. The maximum absolute atomic E-state index is 13.1. The van der Waals surface area contributed by atoms with Gasteiger partial charge in [0.1, 0.15) is 11.3 Å². The third kappa shape index (κ3) is 4.30. The lowest BCUT2D eigenvalue weighted by Gasteiger charge is -2.09. The first-order valence-electron chi connectivity index (χ1n) is 9.76. The molecule has 4 aromatic heterocycles. The fourth-order valence-electron chi connectivity index (χ4n) is 2.98. The first kappa shape index (κ1) is 22.8. The van der Waals surface area contributed by atoms with E-state index in [-0.39, 0.29) is 45.3 Å². The van der Waals surface area contributed by atoms with Gasteiger partial charge in [-0.05, 0) is 32.0 Å². The van der Waals surface area contributed by atoms with E-state index in [0.717, 1.165) is 18.3 Å². The Morgan fingerprint density at radius 3 is 2.70 bits per heavy atom. The van der Waals surface area contributed by atoms with Crippen molar-refractivity contribution in [2.75, 3.05) is 5.75 Å². The van der Waals surface area contributed by atoms with Crippen molar-refractivity contribution in [1.29, 1.82) is 0 Å². The number of nitrogens with one attached hydrogen (secondary N) is 1. The van der Waals surface area contributed by atoms with E-state index in [1.807, 2.05) is 0 Å². The highest BCUT2D eigenvalue weighted by molar-refractivity contribution is 7.85. The normalized spacial score (nSPS) is 13.2. The van der Waals surface area contributed by atoms with Crippen molar-refractivity contribution < 1.29 is 27.0 Å². The van der Waals surface area contributed by atoms with Crippen molar-refractivity contribution in [2.45, 2.75) is 38.1 Å². The molecule has 0 aliphatic carbocycles. The molecule has 1 amide bonds. The zero-order valence-electron chi connectivity index (χ0n) is 17.6. The van der Waals surface area contributed by atoms with Crippen molar-refractivity contribution in [1.82, 2.24) is 34.7 Å². The number of carbonyl (C=O) groups excluding carboxylic acids is 1. The summed E-state index contributed by atoms with van der Waals surface area (Å²) < 4.78 is 54.3. The number of amides is 1. The fraction of sp³-hybridized carbons (Fsp3) is 0.316. The van der Waals surface area contributed by atoms with Gasteiger partial charge in [-0.1, -0.05) is 6.92 Å². The lowest BCUT2D eigenvalue weighted by atomic mass is 10.2. The highest BCUT2D eigenvalue weighted by atomic mass is 32.2. The molecule has 1 unspecified atom stereocenters. The van der Waals surface area contributed by atoms with Gasteiger partial charge in [0.15, 0.2) is 22.1 Å². The van der Waals surface area contributed by atoms with Crippen molar-refractivity contribution in [2.24, 2.45) is 0 Å². The van der Waals surface area contributed by atoms with Gasteiger partial charge < -0.3 is 0 Å². The lowest BCUT2D eigenvalue weighted by molar-refractivity contribution is -0.137. The minimum atomic E-state index is -4.55. The van der Waals surface area contributed by atoms with E-state index >= 15 is 0 Å². The number of halogens is 3. The van der Waals surface area contributed by atoms with E-state index in [2.05, 4.69) is 25.6 Å². The summed E-state index contributed by atoms with van der Waals surface area (Å²) in [7, 11) is -1.61. The molecule has 0 spiro atoms. The van der Waals surface area contributed by atoms with Gasteiger partial charge in [-0.3, -0.25) is 13.8 Å². The van der Waals surface area contributed by atoms with E-state index in [1.54, 1.807) is 20.8 Å². The molecule has 0 bridgehead atoms. The third-order valence-electron chi connectivity index (χ3n) is 4.47. The number of hydrogen-bond acceptors (Lipinski definition) is 7. The number of pyridine rings is 1. The van der Waals surface area contributed by atoms with Gasteiger partial charge in [0.2, 0.25) is 0 Å². The minimum Gasteiger partial charge on any atom is -0.271 e. The molecule has 10 nitrogen and oxygen atoms in total. The Hall–Kier alpha value is -3.39. The monoisotopic (exact) mass is 481 g/mol. The zero-order valence-corrected chi connectivity index (χ0v) is 18.4. The van der Waals surface area contributed by atoms with Crippen LogP contribution in [0.2, 0.25) is 0 Å². The molecule has 0 aliphatic rings. The molecular formula is C19H18F3N7O3S. The average Bonchev–Trinajstić information content (AvgIpc) is 3.36. The van der Waals surface area contributed by atoms with E-state index in [4.69, 9.17) is 4.84 Å². The number of carbonyl (C=O) groups is 1. The van der Waals surface area contributed by atoms with Crippen molar-refractivity contribution >= 4 is 28.0 Å². The Balaban J connectivity index is 1.90. The molecule has 0 aromatic carbocycles. The molecular weight excluding hydrogens is 463 g/mol. The first-order valence-corrected chi connectivity index (χ1v) is 11.1. The van der Waals surface area contributed by atoms with Crippen molar-refractivity contribution in [3.05, 3.63) is 41.9 Å². The van der Waals surface area contributed by atoms with E-state index in [1.165, 1.54) is 21.3 Å². The summed E-state index contributed by atoms with van der Waals surface area (Å²) in [6, 6.07) is 3.13. The molecule has 4 aromatic rings. The van der Waals surface area contributed by atoms with E-state index in [9.17, 15) is 22.2 Å². The number of hydroxylamine groups is 1. The summed E-state index contributed by atoms with van der Waals surface area (Å²) in [4.78, 5) is 26.2. The average molecular weight is 481 g/mol. The second-order valence-corrected chi connectivity index (χ2v) is 8.78. The Bertz CT molecular complexity index is 1380. The van der Waals surface area contributed by atoms with Crippen LogP contribution in [0.4, 0.5) is 13.2 Å². The molecule has 174 valence electrons. The van der Waals surface area contributed by atoms with Gasteiger partial charge in [0.05, 0.1) is 22.5 Å². The van der Waals surface area contributed by atoms with Crippen LogP contribution in [0, 0.1) is 0 Å². The maximum Gasteiger partial charge on any atom is 0.416 e. The second kappa shape index (κ2) is 8.51.